The van der Waals surface area contributed by atoms with Crippen molar-refractivity contribution in [3.63, 3.8) is 0 Å². The Hall–Kier alpha value is -1.74. The topological polar surface area (TPSA) is 26.0 Å². The van der Waals surface area contributed by atoms with E-state index in [0.717, 1.165) is 16.7 Å². The number of aromatic nitrogens is 1. The largest absolute Gasteiger partial charge is 0.356 e. The molecule has 0 aliphatic carbocycles. The van der Waals surface area contributed by atoms with Crippen LogP contribution in [0.15, 0.2) is 51.9 Å². The van der Waals surface area contributed by atoms with Gasteiger partial charge in [0.05, 0.1) is 11.1 Å². The number of fused-ring (bicyclic) bond motifs is 1. The molecular weight excluding hydrogens is 242 g/mol. The van der Waals surface area contributed by atoms with Crippen LogP contribution >= 0.6 is 11.8 Å². The van der Waals surface area contributed by atoms with Crippen molar-refractivity contribution >= 4 is 22.7 Å². The predicted octanol–water partition coefficient (Wildman–Crippen LogP) is 4.53. The molecule has 0 amide bonds. The van der Waals surface area contributed by atoms with E-state index in [1.165, 1.54) is 16.0 Å². The third kappa shape index (κ3) is 1.71. The van der Waals surface area contributed by atoms with Crippen molar-refractivity contribution in [3.05, 3.63) is 48.2 Å². The monoisotopic (exact) mass is 255 g/mol. The van der Waals surface area contributed by atoms with Crippen LogP contribution in [0, 0.1) is 6.92 Å². The second kappa shape index (κ2) is 4.50. The third-order valence-corrected chi connectivity index (χ3v) is 3.88. The molecule has 1 heterocycles. The van der Waals surface area contributed by atoms with Crippen LogP contribution in [0.1, 0.15) is 5.69 Å². The van der Waals surface area contributed by atoms with Gasteiger partial charge in [0, 0.05) is 4.90 Å². The molecule has 1 aromatic heterocycles. The van der Waals surface area contributed by atoms with Crippen molar-refractivity contribution in [3.8, 4) is 11.1 Å². The molecule has 0 fully saturated rings. The van der Waals surface area contributed by atoms with E-state index in [0.29, 0.717) is 0 Å². The predicted molar refractivity (Wildman–Crippen MR) is 76.0 cm³/mol. The van der Waals surface area contributed by atoms with Gasteiger partial charge in [0.15, 0.2) is 5.58 Å². The molecule has 0 atom stereocenters. The first kappa shape index (κ1) is 11.4. The van der Waals surface area contributed by atoms with Gasteiger partial charge < -0.3 is 4.52 Å². The number of aryl methyl sites for hydroxylation is 1. The summed E-state index contributed by atoms with van der Waals surface area (Å²) in [6, 6.07) is 14.5. The van der Waals surface area contributed by atoms with Gasteiger partial charge in [0.1, 0.15) is 0 Å². The Labute approximate surface area is 110 Å². The molecule has 3 rings (SSSR count). The molecule has 3 heteroatoms. The molecule has 2 nitrogen and oxygen atoms in total. The fraction of sp³-hybridized carbons (Fsp3) is 0.133. The Morgan fingerprint density at radius 1 is 1.06 bits per heavy atom. The highest BCUT2D eigenvalue weighted by atomic mass is 32.2. The quantitative estimate of drug-likeness (QED) is 0.629. The van der Waals surface area contributed by atoms with Crippen molar-refractivity contribution in [1.29, 1.82) is 0 Å². The van der Waals surface area contributed by atoms with Crippen molar-refractivity contribution in [1.82, 2.24) is 5.16 Å². The molecule has 0 N–H and O–H groups in total. The molecule has 2 aromatic carbocycles. The number of rotatable bonds is 2. The van der Waals surface area contributed by atoms with Gasteiger partial charge in [-0.3, -0.25) is 0 Å². The van der Waals surface area contributed by atoms with Gasteiger partial charge >= 0.3 is 0 Å². The van der Waals surface area contributed by atoms with Crippen LogP contribution in [-0.4, -0.2) is 11.4 Å². The van der Waals surface area contributed by atoms with Crippen LogP contribution < -0.4 is 0 Å². The first-order chi connectivity index (χ1) is 8.81. The zero-order valence-electron chi connectivity index (χ0n) is 10.3. The average molecular weight is 255 g/mol. The van der Waals surface area contributed by atoms with Crippen molar-refractivity contribution in [2.45, 2.75) is 11.8 Å². The Kier molecular flexibility index (Phi) is 2.84. The molecule has 0 aliphatic rings. The van der Waals surface area contributed by atoms with Gasteiger partial charge in [-0.2, -0.15) is 0 Å². The van der Waals surface area contributed by atoms with E-state index in [2.05, 4.69) is 41.7 Å². The summed E-state index contributed by atoms with van der Waals surface area (Å²) in [7, 11) is 0. The van der Waals surface area contributed by atoms with E-state index in [4.69, 9.17) is 4.52 Å². The summed E-state index contributed by atoms with van der Waals surface area (Å²) >= 11 is 1.74. The zero-order chi connectivity index (χ0) is 12.5. The van der Waals surface area contributed by atoms with E-state index in [1.54, 1.807) is 11.8 Å². The fourth-order valence-electron chi connectivity index (χ4n) is 2.20. The molecule has 0 saturated heterocycles. The third-order valence-electron chi connectivity index (χ3n) is 3.05. The van der Waals surface area contributed by atoms with Crippen LogP contribution in [0.2, 0.25) is 0 Å². The first-order valence-corrected chi connectivity index (χ1v) is 7.02. The Bertz CT molecular complexity index is 688. The van der Waals surface area contributed by atoms with Gasteiger partial charge in [0.25, 0.3) is 0 Å². The lowest BCUT2D eigenvalue weighted by molar-refractivity contribution is 0.450. The van der Waals surface area contributed by atoms with Gasteiger partial charge in [-0.25, -0.2) is 0 Å². The lowest BCUT2D eigenvalue weighted by Crippen LogP contribution is -1.84. The van der Waals surface area contributed by atoms with E-state index < -0.39 is 0 Å². The molecule has 0 unspecified atom stereocenters. The van der Waals surface area contributed by atoms with E-state index >= 15 is 0 Å². The number of benzene rings is 2. The fourth-order valence-corrected chi connectivity index (χ4v) is 3.06. The highest BCUT2D eigenvalue weighted by Gasteiger charge is 2.14. The van der Waals surface area contributed by atoms with Crippen molar-refractivity contribution < 1.29 is 4.52 Å². The van der Waals surface area contributed by atoms with Gasteiger partial charge in [-0.15, -0.1) is 11.8 Å². The molecule has 0 saturated carbocycles. The summed E-state index contributed by atoms with van der Waals surface area (Å²) in [5.74, 6) is 0. The minimum absolute atomic E-state index is 0.858. The molecule has 18 heavy (non-hydrogen) atoms. The lowest BCUT2D eigenvalue weighted by Gasteiger charge is -2.08. The van der Waals surface area contributed by atoms with Crippen molar-refractivity contribution in [2.24, 2.45) is 0 Å². The zero-order valence-corrected chi connectivity index (χ0v) is 11.1. The van der Waals surface area contributed by atoms with Crippen LogP contribution in [0.25, 0.3) is 22.1 Å². The summed E-state index contributed by atoms with van der Waals surface area (Å²) < 4.78 is 5.32. The molecule has 0 spiro atoms. The maximum absolute atomic E-state index is 5.32. The van der Waals surface area contributed by atoms with Crippen LogP contribution in [0.5, 0.6) is 0 Å². The summed E-state index contributed by atoms with van der Waals surface area (Å²) in [6.45, 7) is 1.99. The first-order valence-electron chi connectivity index (χ1n) is 5.79. The minimum atomic E-state index is 0.858. The summed E-state index contributed by atoms with van der Waals surface area (Å²) in [5, 5.41) is 5.18. The molecule has 0 aliphatic heterocycles. The van der Waals surface area contributed by atoms with Crippen LogP contribution in [0.3, 0.4) is 0 Å². The molecule has 0 bridgehead atoms. The van der Waals surface area contributed by atoms with Crippen LogP contribution in [0.4, 0.5) is 0 Å². The normalized spacial score (nSPS) is 11.0. The van der Waals surface area contributed by atoms with E-state index in [-0.39, 0.29) is 0 Å². The summed E-state index contributed by atoms with van der Waals surface area (Å²) in [4.78, 5) is 1.23. The Morgan fingerprint density at radius 2 is 1.83 bits per heavy atom. The maximum atomic E-state index is 5.32. The molecule has 3 aromatic rings. The maximum Gasteiger partial charge on any atom is 0.168 e. The second-order valence-corrected chi connectivity index (χ2v) is 4.97. The smallest absolute Gasteiger partial charge is 0.168 e. The molecule has 90 valence electrons. The number of thioether (sulfide) groups is 1. The highest BCUT2D eigenvalue weighted by molar-refractivity contribution is 7.99. The summed E-state index contributed by atoms with van der Waals surface area (Å²) in [6.07, 6.45) is 2.09. The SMILES string of the molecule is CSc1c(-c2ccccc2)ccc2onc(C)c12. The molecule has 0 radical (unpaired) electrons. The van der Waals surface area contributed by atoms with E-state index in [1.807, 2.05) is 19.1 Å². The number of hydrogen-bond donors (Lipinski definition) is 0. The molecular formula is C15H13NOS. The second-order valence-electron chi connectivity index (χ2n) is 4.15. The highest BCUT2D eigenvalue weighted by Crippen LogP contribution is 2.37. The average Bonchev–Trinajstić information content (AvgIpc) is 2.81. The summed E-state index contributed by atoms with van der Waals surface area (Å²) in [5.41, 5.74) is 4.27. The van der Waals surface area contributed by atoms with Gasteiger partial charge in [-0.1, -0.05) is 35.5 Å². The van der Waals surface area contributed by atoms with Gasteiger partial charge in [-0.05, 0) is 36.4 Å². The Balaban J connectivity index is 2.33. The number of hydrogen-bond acceptors (Lipinski definition) is 3. The minimum Gasteiger partial charge on any atom is -0.356 e. The van der Waals surface area contributed by atoms with Gasteiger partial charge in [0.2, 0.25) is 0 Å². The lowest BCUT2D eigenvalue weighted by atomic mass is 10.0. The number of nitrogens with zero attached hydrogens (tertiary/aromatic N) is 1. The van der Waals surface area contributed by atoms with Crippen molar-refractivity contribution in [2.75, 3.05) is 6.26 Å². The van der Waals surface area contributed by atoms with E-state index in [9.17, 15) is 0 Å². The standard InChI is InChI=1S/C15H13NOS/c1-10-14-13(17-16-10)9-8-12(15(14)18-2)11-6-4-3-5-7-11/h3-9H,1-2H3. The Morgan fingerprint density at radius 3 is 2.56 bits per heavy atom. The van der Waals surface area contributed by atoms with Crippen LogP contribution in [-0.2, 0) is 0 Å².